The maximum Gasteiger partial charge on any atom is 0.336 e. The van der Waals surface area contributed by atoms with Gasteiger partial charge in [0.2, 0.25) is 5.91 Å². The maximum atomic E-state index is 12.4. The molecule has 1 atom stereocenters. The van der Waals surface area contributed by atoms with Crippen molar-refractivity contribution in [1.29, 1.82) is 0 Å². The van der Waals surface area contributed by atoms with E-state index < -0.39 is 0 Å². The second-order valence-corrected chi connectivity index (χ2v) is 9.22. The number of hydrogen-bond donors (Lipinski definition) is 1. The molecule has 1 saturated carbocycles. The van der Waals surface area contributed by atoms with Gasteiger partial charge in [-0.25, -0.2) is 4.79 Å². The molecule has 162 valence electrons. The Morgan fingerprint density at radius 1 is 1.13 bits per heavy atom. The lowest BCUT2D eigenvalue weighted by molar-refractivity contribution is -0.126. The van der Waals surface area contributed by atoms with Crippen molar-refractivity contribution in [3.63, 3.8) is 0 Å². The molecule has 2 fully saturated rings. The monoisotopic (exact) mass is 411 g/mol. The largest absolute Gasteiger partial charge is 0.423 e. The summed E-state index contributed by atoms with van der Waals surface area (Å²) in [6, 6.07) is 6.13. The number of nitrogens with zero attached hydrogens (tertiary/aromatic N) is 2. The van der Waals surface area contributed by atoms with Gasteiger partial charge in [-0.15, -0.1) is 0 Å². The quantitative estimate of drug-likeness (QED) is 0.741. The van der Waals surface area contributed by atoms with Crippen LogP contribution in [0.4, 0.5) is 0 Å². The molecule has 1 saturated heterocycles. The highest BCUT2D eigenvalue weighted by Crippen LogP contribution is 2.27. The molecule has 0 unspecified atom stereocenters. The van der Waals surface area contributed by atoms with Gasteiger partial charge in [0.05, 0.1) is 6.04 Å². The van der Waals surface area contributed by atoms with E-state index in [1.165, 1.54) is 5.56 Å². The van der Waals surface area contributed by atoms with Crippen molar-refractivity contribution in [2.24, 2.45) is 0 Å². The van der Waals surface area contributed by atoms with Crippen LogP contribution in [0.15, 0.2) is 27.4 Å². The second kappa shape index (κ2) is 8.52. The Labute approximate surface area is 178 Å². The molecule has 2 aromatic rings. The van der Waals surface area contributed by atoms with E-state index >= 15 is 0 Å². The molecule has 2 heterocycles. The predicted octanol–water partition coefficient (Wildman–Crippen LogP) is 3.01. The fraction of sp³-hybridized carbons (Fsp3) is 0.583. The van der Waals surface area contributed by atoms with E-state index in [-0.39, 0.29) is 17.6 Å². The number of carbonyl (C=O) groups excluding carboxylic acids is 1. The molecule has 1 N–H and O–H groups in total. The zero-order chi connectivity index (χ0) is 21.4. The van der Waals surface area contributed by atoms with E-state index in [1.54, 1.807) is 6.07 Å². The summed E-state index contributed by atoms with van der Waals surface area (Å²) in [7, 11) is 0. The van der Waals surface area contributed by atoms with Gasteiger partial charge in [-0.1, -0.05) is 13.8 Å². The fourth-order valence-electron chi connectivity index (χ4n) is 4.41. The summed E-state index contributed by atoms with van der Waals surface area (Å²) in [5, 5.41) is 4.14. The Morgan fingerprint density at radius 2 is 1.83 bits per heavy atom. The minimum atomic E-state index is -0.293. The predicted molar refractivity (Wildman–Crippen MR) is 119 cm³/mol. The number of amides is 1. The summed E-state index contributed by atoms with van der Waals surface area (Å²) in [5.74, 6) is 0.565. The van der Waals surface area contributed by atoms with E-state index in [2.05, 4.69) is 42.0 Å². The normalized spacial score (nSPS) is 19.4. The lowest BCUT2D eigenvalue weighted by Gasteiger charge is -2.37. The smallest absolute Gasteiger partial charge is 0.336 e. The Kier molecular flexibility index (Phi) is 5.98. The molecule has 2 aliphatic rings. The molecule has 1 aromatic heterocycles. The first-order valence-electron chi connectivity index (χ1n) is 11.2. The summed E-state index contributed by atoms with van der Waals surface area (Å²) in [4.78, 5) is 29.1. The van der Waals surface area contributed by atoms with Gasteiger partial charge in [-0.05, 0) is 61.4 Å². The third kappa shape index (κ3) is 4.60. The number of rotatable bonds is 6. The second-order valence-electron chi connectivity index (χ2n) is 9.22. The number of hydrogen-bond acceptors (Lipinski definition) is 5. The van der Waals surface area contributed by atoms with E-state index in [1.807, 2.05) is 13.0 Å². The zero-order valence-electron chi connectivity index (χ0n) is 18.5. The maximum absolute atomic E-state index is 12.4. The van der Waals surface area contributed by atoms with E-state index in [9.17, 15) is 9.59 Å². The molecule has 0 bridgehead atoms. The molecule has 1 aliphatic carbocycles. The van der Waals surface area contributed by atoms with Gasteiger partial charge >= 0.3 is 5.63 Å². The van der Waals surface area contributed by atoms with Crippen molar-refractivity contribution < 1.29 is 9.21 Å². The molecular formula is C24H33N3O3. The number of nitrogens with one attached hydrogen (secondary N) is 1. The lowest BCUT2D eigenvalue weighted by atomic mass is 9.95. The third-order valence-corrected chi connectivity index (χ3v) is 6.49. The molecular weight excluding hydrogens is 378 g/mol. The summed E-state index contributed by atoms with van der Waals surface area (Å²) >= 11 is 0. The van der Waals surface area contributed by atoms with Crippen LogP contribution in [0.25, 0.3) is 11.0 Å². The van der Waals surface area contributed by atoms with Gasteiger partial charge in [0.15, 0.2) is 0 Å². The number of benzene rings is 1. The van der Waals surface area contributed by atoms with Crippen LogP contribution in [0.3, 0.4) is 0 Å². The highest BCUT2D eigenvalue weighted by atomic mass is 16.4. The number of fused-ring (bicyclic) bond motifs is 1. The van der Waals surface area contributed by atoms with Gasteiger partial charge in [-0.3, -0.25) is 14.6 Å². The van der Waals surface area contributed by atoms with E-state index in [0.29, 0.717) is 17.5 Å². The fourth-order valence-corrected chi connectivity index (χ4v) is 4.41. The molecule has 6 heteroatoms. The first-order chi connectivity index (χ1) is 14.3. The average molecular weight is 412 g/mol. The first kappa shape index (κ1) is 21.1. The van der Waals surface area contributed by atoms with E-state index in [0.717, 1.165) is 62.1 Å². The Bertz CT molecular complexity index is 985. The van der Waals surface area contributed by atoms with Crippen LogP contribution in [0, 0.1) is 6.92 Å². The number of aryl methyl sites for hydroxylation is 1. The lowest BCUT2D eigenvalue weighted by Crippen LogP contribution is -2.53. The summed E-state index contributed by atoms with van der Waals surface area (Å²) in [5.41, 5.74) is 3.85. The Balaban J connectivity index is 1.46. The molecule has 1 aromatic carbocycles. The van der Waals surface area contributed by atoms with Crippen LogP contribution in [-0.4, -0.2) is 54.0 Å². The van der Waals surface area contributed by atoms with Gasteiger partial charge in [0, 0.05) is 50.2 Å². The van der Waals surface area contributed by atoms with Crippen molar-refractivity contribution in [3.05, 3.63) is 45.3 Å². The third-order valence-electron chi connectivity index (χ3n) is 6.49. The summed E-state index contributed by atoms with van der Waals surface area (Å²) in [6.45, 7) is 12.6. The van der Waals surface area contributed by atoms with Crippen molar-refractivity contribution in [3.8, 4) is 0 Å². The number of carbonyl (C=O) groups is 1. The van der Waals surface area contributed by atoms with Crippen LogP contribution in [0.5, 0.6) is 0 Å². The molecule has 1 aliphatic heterocycles. The first-order valence-corrected chi connectivity index (χ1v) is 11.2. The van der Waals surface area contributed by atoms with Gasteiger partial charge in [0.25, 0.3) is 0 Å². The van der Waals surface area contributed by atoms with Crippen LogP contribution >= 0.6 is 0 Å². The van der Waals surface area contributed by atoms with Gasteiger partial charge in [-0.2, -0.15) is 0 Å². The minimum Gasteiger partial charge on any atom is -0.423 e. The number of piperazine rings is 1. The van der Waals surface area contributed by atoms with Crippen LogP contribution in [0.2, 0.25) is 0 Å². The molecule has 30 heavy (non-hydrogen) atoms. The Morgan fingerprint density at radius 3 is 2.47 bits per heavy atom. The molecule has 0 radical (unpaired) electrons. The Hall–Kier alpha value is -2.18. The van der Waals surface area contributed by atoms with Gasteiger partial charge in [0.1, 0.15) is 5.58 Å². The summed E-state index contributed by atoms with van der Waals surface area (Å²) < 4.78 is 5.49. The SMILES string of the molecule is Cc1cc2oc(=O)cc(CN3CCN([C@@H](C)C(=O)NC4CC4)CC3)c2cc1C(C)C. The molecule has 6 nitrogen and oxygen atoms in total. The van der Waals surface area contributed by atoms with Crippen LogP contribution in [-0.2, 0) is 11.3 Å². The van der Waals surface area contributed by atoms with Crippen molar-refractivity contribution >= 4 is 16.9 Å². The molecule has 1 amide bonds. The minimum absolute atomic E-state index is 0.0890. The zero-order valence-corrected chi connectivity index (χ0v) is 18.5. The topological polar surface area (TPSA) is 65.8 Å². The highest BCUT2D eigenvalue weighted by Gasteiger charge is 2.30. The average Bonchev–Trinajstić information content (AvgIpc) is 3.51. The van der Waals surface area contributed by atoms with Crippen molar-refractivity contribution in [1.82, 2.24) is 15.1 Å². The molecule has 4 rings (SSSR count). The highest BCUT2D eigenvalue weighted by molar-refractivity contribution is 5.82. The van der Waals surface area contributed by atoms with Crippen LogP contribution in [0.1, 0.15) is 56.2 Å². The standard InChI is InChI=1S/C24H33N3O3/c1-15(2)20-13-21-18(12-23(28)30-22(21)11-16(20)3)14-26-7-9-27(10-8-26)17(4)24(29)25-19-5-6-19/h11-13,15,17,19H,5-10,14H2,1-4H3,(H,25,29)/t17-/m0/s1. The summed E-state index contributed by atoms with van der Waals surface area (Å²) in [6.07, 6.45) is 2.23. The molecule has 0 spiro atoms. The van der Waals surface area contributed by atoms with Gasteiger partial charge < -0.3 is 9.73 Å². The van der Waals surface area contributed by atoms with E-state index in [4.69, 9.17) is 4.42 Å². The van der Waals surface area contributed by atoms with Crippen molar-refractivity contribution in [2.75, 3.05) is 26.2 Å². The van der Waals surface area contributed by atoms with Crippen molar-refractivity contribution in [2.45, 2.75) is 65.1 Å². The van der Waals surface area contributed by atoms with Crippen LogP contribution < -0.4 is 10.9 Å².